The molecule has 0 aliphatic heterocycles. The first kappa shape index (κ1) is 23.0. The average molecular weight is 481 g/mol. The van der Waals surface area contributed by atoms with Crippen LogP contribution in [0.3, 0.4) is 0 Å². The van der Waals surface area contributed by atoms with Crippen LogP contribution in [-0.4, -0.2) is 21.1 Å². The van der Waals surface area contributed by atoms with Crippen LogP contribution in [0.15, 0.2) is 57.5 Å². The predicted molar refractivity (Wildman–Crippen MR) is 130 cm³/mol. The fraction of sp³-hybridized carbons (Fsp3) is 0.250. The lowest BCUT2D eigenvalue weighted by molar-refractivity contribution is -0.115. The number of thioether (sulfide) groups is 1. The second-order valence-corrected chi connectivity index (χ2v) is 9.31. The van der Waals surface area contributed by atoms with Crippen LogP contribution in [0.25, 0.3) is 0 Å². The molecule has 7 nitrogen and oxygen atoms in total. The Morgan fingerprint density at radius 2 is 1.91 bits per heavy atom. The highest BCUT2D eigenvalue weighted by Crippen LogP contribution is 2.33. The molecular weight excluding hydrogens is 456 g/mol. The molecule has 0 saturated heterocycles. The molecule has 4 aromatic rings. The van der Waals surface area contributed by atoms with E-state index in [9.17, 15) is 4.79 Å². The minimum absolute atomic E-state index is 0.0765. The number of benzene rings is 2. The molecule has 33 heavy (non-hydrogen) atoms. The Balaban J connectivity index is 1.38. The SMILES string of the molecule is CC(=O)N(c1nc(CSc2nnc(COc3ccc(C)cc3)o2)cs1)c1cccc(C)c1C. The van der Waals surface area contributed by atoms with E-state index in [1.165, 1.54) is 28.7 Å². The molecule has 0 saturated carbocycles. The van der Waals surface area contributed by atoms with Crippen molar-refractivity contribution < 1.29 is 13.9 Å². The summed E-state index contributed by atoms with van der Waals surface area (Å²) in [6, 6.07) is 13.7. The molecular formula is C24H24N4O3S2. The van der Waals surface area contributed by atoms with Gasteiger partial charge in [-0.1, -0.05) is 41.6 Å². The lowest BCUT2D eigenvalue weighted by Crippen LogP contribution is -2.23. The molecule has 2 heterocycles. The van der Waals surface area contributed by atoms with Crippen molar-refractivity contribution in [3.8, 4) is 5.75 Å². The third-order valence-electron chi connectivity index (χ3n) is 5.04. The highest BCUT2D eigenvalue weighted by atomic mass is 32.2. The third kappa shape index (κ3) is 5.61. The largest absolute Gasteiger partial charge is 0.484 e. The number of carbonyl (C=O) groups is 1. The fourth-order valence-corrected chi connectivity index (χ4v) is 4.78. The molecule has 9 heteroatoms. The van der Waals surface area contributed by atoms with Crippen LogP contribution in [0.2, 0.25) is 0 Å². The van der Waals surface area contributed by atoms with E-state index in [1.807, 2.05) is 68.6 Å². The van der Waals surface area contributed by atoms with Gasteiger partial charge in [-0.25, -0.2) is 4.98 Å². The number of amides is 1. The molecule has 0 unspecified atom stereocenters. The molecule has 0 N–H and O–H groups in total. The molecule has 0 aliphatic rings. The van der Waals surface area contributed by atoms with Gasteiger partial charge in [0.15, 0.2) is 11.7 Å². The highest BCUT2D eigenvalue weighted by molar-refractivity contribution is 7.98. The zero-order chi connectivity index (χ0) is 23.4. The Labute approximate surface area is 200 Å². The second kappa shape index (κ2) is 10.2. The third-order valence-corrected chi connectivity index (χ3v) is 6.76. The summed E-state index contributed by atoms with van der Waals surface area (Å²) in [6.45, 7) is 7.83. The maximum absolute atomic E-state index is 12.4. The monoisotopic (exact) mass is 480 g/mol. The lowest BCUT2D eigenvalue weighted by atomic mass is 10.1. The smallest absolute Gasteiger partial charge is 0.277 e. The van der Waals surface area contributed by atoms with E-state index < -0.39 is 0 Å². The molecule has 0 spiro atoms. The van der Waals surface area contributed by atoms with E-state index in [4.69, 9.17) is 9.15 Å². The summed E-state index contributed by atoms with van der Waals surface area (Å²) in [7, 11) is 0. The Morgan fingerprint density at radius 3 is 2.67 bits per heavy atom. The minimum Gasteiger partial charge on any atom is -0.484 e. The Bertz CT molecular complexity index is 1250. The van der Waals surface area contributed by atoms with Crippen molar-refractivity contribution in [2.75, 3.05) is 4.90 Å². The van der Waals surface area contributed by atoms with Crippen LogP contribution in [0, 0.1) is 20.8 Å². The zero-order valence-electron chi connectivity index (χ0n) is 18.9. The highest BCUT2D eigenvalue weighted by Gasteiger charge is 2.20. The topological polar surface area (TPSA) is 81.4 Å². The molecule has 0 fully saturated rings. The lowest BCUT2D eigenvalue weighted by Gasteiger charge is -2.21. The first-order chi connectivity index (χ1) is 15.9. The number of aromatic nitrogens is 3. The van der Waals surface area contributed by atoms with Crippen molar-refractivity contribution in [1.82, 2.24) is 15.2 Å². The van der Waals surface area contributed by atoms with E-state index >= 15 is 0 Å². The number of nitrogens with zero attached hydrogens (tertiary/aromatic N) is 4. The van der Waals surface area contributed by atoms with Crippen LogP contribution in [-0.2, 0) is 17.2 Å². The summed E-state index contributed by atoms with van der Waals surface area (Å²) in [6.07, 6.45) is 0. The van der Waals surface area contributed by atoms with Crippen LogP contribution >= 0.6 is 23.1 Å². The van der Waals surface area contributed by atoms with E-state index in [-0.39, 0.29) is 12.5 Å². The first-order valence-corrected chi connectivity index (χ1v) is 12.2. The normalized spacial score (nSPS) is 10.9. The van der Waals surface area contributed by atoms with Gasteiger partial charge in [0.2, 0.25) is 5.91 Å². The molecule has 2 aromatic carbocycles. The van der Waals surface area contributed by atoms with Gasteiger partial charge < -0.3 is 9.15 Å². The predicted octanol–water partition coefficient (Wildman–Crippen LogP) is 6.01. The van der Waals surface area contributed by atoms with E-state index in [1.54, 1.807) is 11.8 Å². The summed E-state index contributed by atoms with van der Waals surface area (Å²) in [5.74, 6) is 1.64. The molecule has 0 bridgehead atoms. The van der Waals surface area contributed by atoms with Crippen molar-refractivity contribution in [3.63, 3.8) is 0 Å². The van der Waals surface area contributed by atoms with Crippen molar-refractivity contribution >= 4 is 39.8 Å². The molecule has 0 radical (unpaired) electrons. The molecule has 2 aromatic heterocycles. The zero-order valence-corrected chi connectivity index (χ0v) is 20.5. The van der Waals surface area contributed by atoms with Crippen LogP contribution in [0.5, 0.6) is 5.75 Å². The van der Waals surface area contributed by atoms with Gasteiger partial charge in [-0.2, -0.15) is 0 Å². The summed E-state index contributed by atoms with van der Waals surface area (Å²) >= 11 is 2.83. The summed E-state index contributed by atoms with van der Waals surface area (Å²) in [5, 5.41) is 11.2. The molecule has 0 atom stereocenters. The number of hydrogen-bond acceptors (Lipinski definition) is 8. The van der Waals surface area contributed by atoms with Gasteiger partial charge in [0, 0.05) is 18.1 Å². The van der Waals surface area contributed by atoms with Gasteiger partial charge in [0.1, 0.15) is 5.75 Å². The van der Waals surface area contributed by atoms with Crippen LogP contribution < -0.4 is 9.64 Å². The van der Waals surface area contributed by atoms with E-state index in [0.29, 0.717) is 22.0 Å². The van der Waals surface area contributed by atoms with Gasteiger partial charge in [-0.3, -0.25) is 9.69 Å². The van der Waals surface area contributed by atoms with Gasteiger partial charge in [-0.15, -0.1) is 21.5 Å². The average Bonchev–Trinajstić information content (AvgIpc) is 3.44. The van der Waals surface area contributed by atoms with Gasteiger partial charge in [-0.05, 0) is 50.1 Å². The Hall–Kier alpha value is -3.17. The van der Waals surface area contributed by atoms with Gasteiger partial charge in [0.25, 0.3) is 11.1 Å². The minimum atomic E-state index is -0.0765. The van der Waals surface area contributed by atoms with Crippen molar-refractivity contribution in [2.45, 2.75) is 45.3 Å². The number of carbonyl (C=O) groups excluding carboxylic acids is 1. The first-order valence-electron chi connectivity index (χ1n) is 10.4. The van der Waals surface area contributed by atoms with Gasteiger partial charge in [0.05, 0.1) is 11.4 Å². The summed E-state index contributed by atoms with van der Waals surface area (Å²) in [5.41, 5.74) is 5.05. The second-order valence-electron chi connectivity index (χ2n) is 7.55. The fourth-order valence-electron chi connectivity index (χ4n) is 3.12. The number of rotatable bonds is 8. The molecule has 4 rings (SSSR count). The Morgan fingerprint density at radius 1 is 1.12 bits per heavy atom. The van der Waals surface area contributed by atoms with Gasteiger partial charge >= 0.3 is 0 Å². The molecule has 1 amide bonds. The number of thiazole rings is 1. The van der Waals surface area contributed by atoms with Crippen LogP contribution in [0.1, 0.15) is 35.2 Å². The summed E-state index contributed by atoms with van der Waals surface area (Å²) in [4.78, 5) is 18.8. The number of hydrogen-bond donors (Lipinski definition) is 0. The standard InChI is InChI=1S/C24H24N4O3S2/c1-15-8-10-20(11-9-15)30-12-22-26-27-24(31-22)33-14-19-13-32-23(25-19)28(18(4)29)21-7-5-6-16(2)17(21)3/h5-11,13H,12,14H2,1-4H3. The van der Waals surface area contributed by atoms with E-state index in [2.05, 4.69) is 15.2 Å². The molecule has 0 aliphatic carbocycles. The van der Waals surface area contributed by atoms with E-state index in [0.717, 1.165) is 28.3 Å². The maximum atomic E-state index is 12.4. The number of anilines is 2. The number of ether oxygens (including phenoxy) is 1. The van der Waals surface area contributed by atoms with Crippen molar-refractivity contribution in [2.24, 2.45) is 0 Å². The van der Waals surface area contributed by atoms with Crippen LogP contribution in [0.4, 0.5) is 10.8 Å². The Kier molecular flexibility index (Phi) is 7.10. The van der Waals surface area contributed by atoms with Crippen molar-refractivity contribution in [1.29, 1.82) is 0 Å². The molecule has 170 valence electrons. The quantitative estimate of drug-likeness (QED) is 0.286. The maximum Gasteiger partial charge on any atom is 0.277 e. The van der Waals surface area contributed by atoms with Crippen molar-refractivity contribution in [3.05, 3.63) is 76.1 Å². The summed E-state index contributed by atoms with van der Waals surface area (Å²) < 4.78 is 11.4. The number of aryl methyl sites for hydroxylation is 2.